The Balaban J connectivity index is 3.68. The van der Waals surface area contributed by atoms with Crippen molar-refractivity contribution in [2.24, 2.45) is 0 Å². The van der Waals surface area contributed by atoms with Gasteiger partial charge in [-0.1, -0.05) is 0 Å². The number of nitriles is 1. The number of ether oxygens (including phenoxy) is 1. The molecule has 1 N–H and O–H groups in total. The normalized spacial score (nSPS) is 11.6. The summed E-state index contributed by atoms with van der Waals surface area (Å²) < 4.78 is 3.99. The monoisotopic (exact) mass is 115 g/mol. The number of rotatable bonds is 1. The molecule has 0 aliphatic rings. The highest BCUT2D eigenvalue weighted by atomic mass is 16.5. The van der Waals surface area contributed by atoms with E-state index in [9.17, 15) is 4.79 Å². The van der Waals surface area contributed by atoms with Gasteiger partial charge in [0, 0.05) is 0 Å². The van der Waals surface area contributed by atoms with Crippen LogP contribution in [-0.4, -0.2) is 24.3 Å². The number of hydrogen-bond donors (Lipinski definition) is 1. The second-order valence-electron chi connectivity index (χ2n) is 1.05. The van der Waals surface area contributed by atoms with Crippen molar-refractivity contribution >= 4 is 5.97 Å². The molecule has 44 valence electrons. The minimum atomic E-state index is -1.64. The van der Waals surface area contributed by atoms with Gasteiger partial charge in [-0.3, -0.25) is 0 Å². The second kappa shape index (κ2) is 2.99. The van der Waals surface area contributed by atoms with Crippen LogP contribution < -0.4 is 0 Å². The number of methoxy groups -OCH3 is 1. The molecule has 0 saturated carbocycles. The van der Waals surface area contributed by atoms with Gasteiger partial charge in [0.05, 0.1) is 7.11 Å². The molecule has 4 heteroatoms. The molecule has 0 rings (SSSR count). The summed E-state index contributed by atoms with van der Waals surface area (Å²) in [6, 6.07) is 1.30. The third-order valence-corrected chi connectivity index (χ3v) is 0.547. The van der Waals surface area contributed by atoms with Gasteiger partial charge in [0.1, 0.15) is 6.07 Å². The lowest BCUT2D eigenvalue weighted by atomic mass is 10.4. The Labute approximate surface area is 46.3 Å². The van der Waals surface area contributed by atoms with Crippen LogP contribution in [0.4, 0.5) is 0 Å². The smallest absolute Gasteiger partial charge is 0.349 e. The van der Waals surface area contributed by atoms with E-state index in [1.165, 1.54) is 6.07 Å². The molecule has 4 nitrogen and oxygen atoms in total. The Kier molecular flexibility index (Phi) is 2.59. The molecule has 0 aliphatic heterocycles. The van der Waals surface area contributed by atoms with Crippen LogP contribution in [0.25, 0.3) is 0 Å². The third-order valence-electron chi connectivity index (χ3n) is 0.547. The van der Waals surface area contributed by atoms with Crippen LogP contribution in [0.15, 0.2) is 0 Å². The lowest BCUT2D eigenvalue weighted by Crippen LogP contribution is -2.18. The molecule has 0 aromatic heterocycles. The molecule has 0 aliphatic carbocycles. The Morgan fingerprint density at radius 3 is 2.62 bits per heavy atom. The molecule has 0 bridgehead atoms. The lowest BCUT2D eigenvalue weighted by Gasteiger charge is -1.94. The van der Waals surface area contributed by atoms with Gasteiger partial charge in [-0.15, -0.1) is 0 Å². The molecule has 0 aromatic rings. The van der Waals surface area contributed by atoms with Crippen LogP contribution in [0.3, 0.4) is 0 Å². The van der Waals surface area contributed by atoms with Crippen molar-refractivity contribution in [3.8, 4) is 6.07 Å². The quantitative estimate of drug-likeness (QED) is 0.353. The first-order valence-electron chi connectivity index (χ1n) is 1.88. The molecule has 0 amide bonds. The first-order valence-corrected chi connectivity index (χ1v) is 1.88. The van der Waals surface area contributed by atoms with Crippen LogP contribution >= 0.6 is 0 Å². The number of carbonyl (C=O) groups excluding carboxylic acids is 1. The van der Waals surface area contributed by atoms with E-state index in [0.717, 1.165) is 7.11 Å². The maximum absolute atomic E-state index is 10.0. The number of nitrogens with zero attached hydrogens (tertiary/aromatic N) is 1. The summed E-state index contributed by atoms with van der Waals surface area (Å²) in [6.45, 7) is 0. The van der Waals surface area contributed by atoms with Crippen LogP contribution in [0.1, 0.15) is 0 Å². The Bertz CT molecular complexity index is 126. The number of aliphatic hydroxyl groups is 1. The van der Waals surface area contributed by atoms with Gasteiger partial charge in [0.2, 0.25) is 6.10 Å². The number of aliphatic hydroxyl groups excluding tert-OH is 1. The minimum absolute atomic E-state index is 0.924. The number of carbonyl (C=O) groups is 1. The largest absolute Gasteiger partial charge is 0.466 e. The zero-order chi connectivity index (χ0) is 6.57. The molecule has 0 spiro atoms. The summed E-state index contributed by atoms with van der Waals surface area (Å²) in [5, 5.41) is 16.1. The summed E-state index contributed by atoms with van der Waals surface area (Å²) in [7, 11) is 1.10. The highest BCUT2D eigenvalue weighted by molar-refractivity contribution is 5.77. The van der Waals surface area contributed by atoms with E-state index < -0.39 is 12.1 Å². The first kappa shape index (κ1) is 6.92. The highest BCUT2D eigenvalue weighted by Gasteiger charge is 2.11. The topological polar surface area (TPSA) is 70.3 Å². The fourth-order valence-electron chi connectivity index (χ4n) is 0.164. The molecule has 0 fully saturated rings. The van der Waals surface area contributed by atoms with Crippen molar-refractivity contribution in [1.82, 2.24) is 0 Å². The predicted octanol–water partition coefficient (Wildman–Crippen LogP) is -0.956. The average Bonchev–Trinajstić information content (AvgIpc) is 1.84. The van der Waals surface area contributed by atoms with E-state index in [0.29, 0.717) is 0 Å². The molecule has 0 heterocycles. The van der Waals surface area contributed by atoms with E-state index >= 15 is 0 Å². The first-order chi connectivity index (χ1) is 3.72. The summed E-state index contributed by atoms with van der Waals surface area (Å²) in [5.74, 6) is -0.924. The number of esters is 1. The fraction of sp³-hybridized carbons (Fsp3) is 0.500. The van der Waals surface area contributed by atoms with Gasteiger partial charge in [-0.2, -0.15) is 5.26 Å². The minimum Gasteiger partial charge on any atom is -0.466 e. The lowest BCUT2D eigenvalue weighted by molar-refractivity contribution is -0.147. The van der Waals surface area contributed by atoms with E-state index in [1.54, 1.807) is 0 Å². The maximum atomic E-state index is 10.0. The van der Waals surface area contributed by atoms with Crippen LogP contribution in [0.5, 0.6) is 0 Å². The van der Waals surface area contributed by atoms with Crippen molar-refractivity contribution in [2.75, 3.05) is 7.11 Å². The fourth-order valence-corrected chi connectivity index (χ4v) is 0.164. The maximum Gasteiger partial charge on any atom is 0.349 e. The van der Waals surface area contributed by atoms with E-state index in [2.05, 4.69) is 4.74 Å². The number of hydrogen-bond acceptors (Lipinski definition) is 4. The van der Waals surface area contributed by atoms with Crippen LogP contribution in [-0.2, 0) is 9.53 Å². The van der Waals surface area contributed by atoms with Crippen molar-refractivity contribution < 1.29 is 14.6 Å². The van der Waals surface area contributed by atoms with Crippen LogP contribution in [0, 0.1) is 11.3 Å². The third kappa shape index (κ3) is 1.58. The molecular weight excluding hydrogens is 110 g/mol. The molecule has 0 saturated heterocycles. The zero-order valence-corrected chi connectivity index (χ0v) is 4.29. The van der Waals surface area contributed by atoms with E-state index in [1.807, 2.05) is 0 Å². The molecule has 0 aromatic carbocycles. The SMILES string of the molecule is COC(=O)[C@@H](O)C#N. The summed E-state index contributed by atoms with van der Waals surface area (Å²) in [4.78, 5) is 10.0. The molecule has 8 heavy (non-hydrogen) atoms. The van der Waals surface area contributed by atoms with Gasteiger partial charge in [0.15, 0.2) is 0 Å². The van der Waals surface area contributed by atoms with Crippen molar-refractivity contribution in [1.29, 1.82) is 5.26 Å². The summed E-state index contributed by atoms with van der Waals surface area (Å²) in [5.41, 5.74) is 0. The average molecular weight is 115 g/mol. The van der Waals surface area contributed by atoms with Crippen molar-refractivity contribution in [2.45, 2.75) is 6.10 Å². The standard InChI is InChI=1S/C4H5NO3/c1-8-4(7)3(6)2-5/h3,6H,1H3/t3-/m0/s1. The van der Waals surface area contributed by atoms with E-state index in [4.69, 9.17) is 10.4 Å². The predicted molar refractivity (Wildman–Crippen MR) is 23.6 cm³/mol. The highest BCUT2D eigenvalue weighted by Crippen LogP contribution is 1.81. The molecular formula is C4H5NO3. The van der Waals surface area contributed by atoms with Gasteiger partial charge in [0.25, 0.3) is 0 Å². The summed E-state index contributed by atoms with van der Waals surface area (Å²) in [6.07, 6.45) is -1.64. The van der Waals surface area contributed by atoms with Gasteiger partial charge in [-0.05, 0) is 0 Å². The Hall–Kier alpha value is -1.08. The van der Waals surface area contributed by atoms with Gasteiger partial charge >= 0.3 is 5.97 Å². The molecule has 0 unspecified atom stereocenters. The Morgan fingerprint density at radius 2 is 2.50 bits per heavy atom. The van der Waals surface area contributed by atoms with Crippen molar-refractivity contribution in [3.05, 3.63) is 0 Å². The molecule has 1 atom stereocenters. The van der Waals surface area contributed by atoms with Crippen molar-refractivity contribution in [3.63, 3.8) is 0 Å². The second-order valence-corrected chi connectivity index (χ2v) is 1.05. The van der Waals surface area contributed by atoms with Gasteiger partial charge in [-0.25, -0.2) is 4.79 Å². The Morgan fingerprint density at radius 1 is 2.00 bits per heavy atom. The van der Waals surface area contributed by atoms with E-state index in [-0.39, 0.29) is 0 Å². The summed E-state index contributed by atoms with van der Waals surface area (Å²) >= 11 is 0. The van der Waals surface area contributed by atoms with Gasteiger partial charge < -0.3 is 9.84 Å². The molecule has 0 radical (unpaired) electrons. The zero-order valence-electron chi connectivity index (χ0n) is 4.29. The van der Waals surface area contributed by atoms with Crippen LogP contribution in [0.2, 0.25) is 0 Å².